The summed E-state index contributed by atoms with van der Waals surface area (Å²) in [6.45, 7) is 10.5. The fraction of sp³-hybridized carbons (Fsp3) is 0.938. The van der Waals surface area contributed by atoms with Crippen LogP contribution >= 0.6 is 24.0 Å². The first-order valence-corrected chi connectivity index (χ1v) is 10.6. The molecule has 0 aliphatic carbocycles. The van der Waals surface area contributed by atoms with E-state index in [1.165, 1.54) is 0 Å². The third-order valence-electron chi connectivity index (χ3n) is 4.13. The summed E-state index contributed by atoms with van der Waals surface area (Å²) >= 11 is 0. The van der Waals surface area contributed by atoms with Crippen molar-refractivity contribution in [1.29, 1.82) is 0 Å². The first kappa shape index (κ1) is 27.7. The highest BCUT2D eigenvalue weighted by Crippen LogP contribution is 2.30. The van der Waals surface area contributed by atoms with E-state index in [1.807, 2.05) is 6.92 Å². The van der Waals surface area contributed by atoms with Crippen molar-refractivity contribution in [3.63, 3.8) is 0 Å². The van der Waals surface area contributed by atoms with Gasteiger partial charge in [-0.3, -0.25) is 4.99 Å². The van der Waals surface area contributed by atoms with Crippen molar-refractivity contribution in [3.05, 3.63) is 0 Å². The van der Waals surface area contributed by atoms with Crippen LogP contribution in [0.25, 0.3) is 0 Å². The van der Waals surface area contributed by atoms with E-state index < -0.39 is 15.5 Å². The number of rotatable bonds is 7. The van der Waals surface area contributed by atoms with Gasteiger partial charge in [0.15, 0.2) is 5.96 Å². The third-order valence-corrected chi connectivity index (χ3v) is 5.76. The van der Waals surface area contributed by atoms with Crippen molar-refractivity contribution in [2.45, 2.75) is 51.6 Å². The molecule has 7 nitrogen and oxygen atoms in total. The molecule has 0 atom stereocenters. The second kappa shape index (κ2) is 11.7. The molecule has 168 valence electrons. The van der Waals surface area contributed by atoms with Crippen molar-refractivity contribution in [1.82, 2.24) is 20.3 Å². The molecule has 12 heteroatoms. The highest BCUT2D eigenvalue weighted by Gasteiger charge is 2.50. The average Bonchev–Trinajstić information content (AvgIpc) is 2.55. The molecule has 0 spiro atoms. The van der Waals surface area contributed by atoms with Crippen LogP contribution in [0.1, 0.15) is 40.5 Å². The van der Waals surface area contributed by atoms with Crippen LogP contribution in [0.5, 0.6) is 0 Å². The molecule has 0 radical (unpaired) electrons. The van der Waals surface area contributed by atoms with E-state index in [1.54, 1.807) is 0 Å². The maximum absolute atomic E-state index is 12.6. The average molecular weight is 543 g/mol. The van der Waals surface area contributed by atoms with E-state index in [2.05, 4.69) is 41.7 Å². The molecule has 0 aromatic carbocycles. The van der Waals surface area contributed by atoms with Crippen LogP contribution < -0.4 is 16.0 Å². The summed E-state index contributed by atoms with van der Waals surface area (Å²) in [5, 5.41) is 9.69. The van der Waals surface area contributed by atoms with Crippen molar-refractivity contribution in [3.8, 4) is 0 Å². The number of halogens is 4. The first-order valence-electron chi connectivity index (χ1n) is 9.20. The van der Waals surface area contributed by atoms with Crippen LogP contribution in [0.3, 0.4) is 0 Å². The number of aliphatic imine (C=N–C) groups is 1. The van der Waals surface area contributed by atoms with Gasteiger partial charge in [-0.25, -0.2) is 8.42 Å². The molecular weight excluding hydrogens is 510 g/mol. The Morgan fingerprint density at radius 3 is 2.14 bits per heavy atom. The van der Waals surface area contributed by atoms with Gasteiger partial charge >= 0.3 is 15.5 Å². The minimum Gasteiger partial charge on any atom is -0.357 e. The molecule has 0 saturated carbocycles. The lowest BCUT2D eigenvalue weighted by atomic mass is 9.98. The lowest BCUT2D eigenvalue weighted by molar-refractivity contribution is -0.0496. The van der Waals surface area contributed by atoms with Crippen LogP contribution in [0.2, 0.25) is 0 Å². The van der Waals surface area contributed by atoms with Gasteiger partial charge in [0.2, 0.25) is 0 Å². The fourth-order valence-corrected chi connectivity index (χ4v) is 3.64. The first-order chi connectivity index (χ1) is 12.4. The van der Waals surface area contributed by atoms with Gasteiger partial charge in [-0.1, -0.05) is 0 Å². The van der Waals surface area contributed by atoms with Crippen LogP contribution in [-0.2, 0) is 10.0 Å². The number of hydrogen-bond acceptors (Lipinski definition) is 4. The number of piperidine rings is 1. The Hall–Kier alpha value is -0.340. The number of guanidine groups is 1. The van der Waals surface area contributed by atoms with Crippen LogP contribution in [-0.4, -0.2) is 69.0 Å². The van der Waals surface area contributed by atoms with Crippen LogP contribution in [0.4, 0.5) is 13.2 Å². The maximum Gasteiger partial charge on any atom is 0.511 e. The maximum atomic E-state index is 12.6. The summed E-state index contributed by atoms with van der Waals surface area (Å²) in [5.74, 6) is 0.714. The molecule has 1 aliphatic rings. The van der Waals surface area contributed by atoms with Crippen molar-refractivity contribution in [2.75, 3.05) is 39.3 Å². The van der Waals surface area contributed by atoms with Gasteiger partial charge in [0.1, 0.15) is 0 Å². The molecule has 0 amide bonds. The summed E-state index contributed by atoms with van der Waals surface area (Å²) in [6.07, 6.45) is 0.730. The van der Waals surface area contributed by atoms with Gasteiger partial charge in [-0.2, -0.15) is 17.5 Å². The second-order valence-electron chi connectivity index (χ2n) is 7.62. The molecule has 1 saturated heterocycles. The molecule has 1 heterocycles. The molecular formula is C16H33F3IN5O2S. The standard InChI is InChI=1S/C16H32F3N5O2S.HI/c1-5-20-14(21-8-9-23-15(2,3)4)22-12-13-6-10-24(11-7-13)27(25,26)16(17,18)19;/h13,23H,5-12H2,1-4H3,(H2,20,21,22);1H. The van der Waals surface area contributed by atoms with E-state index in [0.29, 0.717) is 42.7 Å². The highest BCUT2D eigenvalue weighted by molar-refractivity contribution is 14.0. The van der Waals surface area contributed by atoms with Crippen LogP contribution in [0.15, 0.2) is 4.99 Å². The second-order valence-corrected chi connectivity index (χ2v) is 9.55. The molecule has 0 aromatic rings. The molecule has 0 aromatic heterocycles. The lowest BCUT2D eigenvalue weighted by Gasteiger charge is -2.31. The van der Waals surface area contributed by atoms with Gasteiger partial charge < -0.3 is 16.0 Å². The smallest absolute Gasteiger partial charge is 0.357 e. The quantitative estimate of drug-likeness (QED) is 0.198. The SMILES string of the molecule is CCNC(=NCC1CCN(S(=O)(=O)C(F)(F)F)CC1)NCCNC(C)(C)C.I. The van der Waals surface area contributed by atoms with E-state index in [4.69, 9.17) is 0 Å². The van der Waals surface area contributed by atoms with Crippen LogP contribution in [0, 0.1) is 5.92 Å². The van der Waals surface area contributed by atoms with E-state index in [9.17, 15) is 21.6 Å². The van der Waals surface area contributed by atoms with Gasteiger partial charge in [0.05, 0.1) is 0 Å². The zero-order chi connectivity index (χ0) is 20.7. The zero-order valence-electron chi connectivity index (χ0n) is 16.9. The van der Waals surface area contributed by atoms with Gasteiger partial charge in [-0.15, -0.1) is 24.0 Å². The third kappa shape index (κ3) is 9.44. The molecule has 1 aliphatic heterocycles. The molecule has 1 rings (SSSR count). The Balaban J connectivity index is 0.00000729. The minimum atomic E-state index is -5.23. The summed E-state index contributed by atoms with van der Waals surface area (Å²) in [7, 11) is -5.22. The number of sulfonamides is 1. The van der Waals surface area contributed by atoms with Gasteiger partial charge in [0.25, 0.3) is 0 Å². The Bertz CT molecular complexity index is 586. The number of hydrogen-bond donors (Lipinski definition) is 3. The Morgan fingerprint density at radius 2 is 1.68 bits per heavy atom. The summed E-state index contributed by atoms with van der Waals surface area (Å²) in [4.78, 5) is 4.48. The zero-order valence-corrected chi connectivity index (χ0v) is 20.0. The fourth-order valence-electron chi connectivity index (χ4n) is 2.66. The normalized spacial score (nSPS) is 17.9. The number of nitrogens with one attached hydrogen (secondary N) is 3. The lowest BCUT2D eigenvalue weighted by Crippen LogP contribution is -2.46. The molecule has 0 unspecified atom stereocenters. The summed E-state index contributed by atoms with van der Waals surface area (Å²) in [6, 6.07) is 0. The van der Waals surface area contributed by atoms with Gasteiger partial charge in [0, 0.05) is 44.8 Å². The topological polar surface area (TPSA) is 85.8 Å². The minimum absolute atomic E-state index is 0. The summed E-state index contributed by atoms with van der Waals surface area (Å²) < 4.78 is 61.2. The Labute approximate surface area is 183 Å². The Kier molecular flexibility index (Phi) is 11.6. The van der Waals surface area contributed by atoms with Crippen molar-refractivity contribution < 1.29 is 21.6 Å². The predicted octanol–water partition coefficient (Wildman–Crippen LogP) is 2.11. The van der Waals surface area contributed by atoms with E-state index >= 15 is 0 Å². The number of alkyl halides is 3. The monoisotopic (exact) mass is 543 g/mol. The van der Waals surface area contributed by atoms with E-state index in [-0.39, 0.29) is 48.5 Å². The Morgan fingerprint density at radius 1 is 1.11 bits per heavy atom. The predicted molar refractivity (Wildman–Crippen MR) is 116 cm³/mol. The molecule has 0 bridgehead atoms. The van der Waals surface area contributed by atoms with Gasteiger partial charge in [-0.05, 0) is 46.5 Å². The van der Waals surface area contributed by atoms with Crippen molar-refractivity contribution in [2.24, 2.45) is 10.9 Å². The largest absolute Gasteiger partial charge is 0.511 e. The molecule has 3 N–H and O–H groups in total. The summed E-state index contributed by atoms with van der Waals surface area (Å²) in [5.41, 5.74) is -5.21. The molecule has 1 fully saturated rings. The van der Waals surface area contributed by atoms with E-state index in [0.717, 1.165) is 6.54 Å². The van der Waals surface area contributed by atoms with Crippen molar-refractivity contribution >= 4 is 40.0 Å². The highest BCUT2D eigenvalue weighted by atomic mass is 127. The molecule has 28 heavy (non-hydrogen) atoms. The number of nitrogens with zero attached hydrogens (tertiary/aromatic N) is 2.